The van der Waals surface area contributed by atoms with Crippen molar-refractivity contribution in [1.82, 2.24) is 5.32 Å². The Bertz CT molecular complexity index is 835. The quantitative estimate of drug-likeness (QED) is 0.0297. The fourth-order valence-electron chi connectivity index (χ4n) is 5.26. The van der Waals surface area contributed by atoms with E-state index in [4.69, 9.17) is 14.8 Å². The first-order valence-electron chi connectivity index (χ1n) is 19.1. The summed E-state index contributed by atoms with van der Waals surface area (Å²) >= 11 is 0. The molecule has 0 saturated heterocycles. The van der Waals surface area contributed by atoms with Crippen LogP contribution in [0.2, 0.25) is 0 Å². The highest BCUT2D eigenvalue weighted by atomic mass is 31.2. The Hall–Kier alpha value is -1.28. The number of rotatable bonds is 35. The Kier molecular flexibility index (Phi) is 33.6. The van der Waals surface area contributed by atoms with Crippen LogP contribution in [0.5, 0.6) is 0 Å². The summed E-state index contributed by atoms with van der Waals surface area (Å²) in [4.78, 5) is 22.6. The van der Waals surface area contributed by atoms with Gasteiger partial charge in [-0.1, -0.05) is 140 Å². The summed E-state index contributed by atoms with van der Waals surface area (Å²) in [6, 6.07) is -0.878. The molecule has 0 rings (SSSR count). The van der Waals surface area contributed by atoms with E-state index in [1.807, 2.05) is 6.08 Å². The first-order chi connectivity index (χ1) is 22.9. The average Bonchev–Trinajstić information content (AvgIpc) is 3.05. The standard InChI is InChI=1S/C38H73N2O6P/c1-3-5-7-9-11-13-15-17-18-20-22-24-26-28-30-32-38(42)40-36(35-46-47(43,44)45-34-33-39)37(41)31-29-27-25-23-21-19-16-14-12-10-8-6-4-2/h17-18,21,23,29,31,36-37,41H,3-16,19-20,22,24-28,30,32-35,39H2,1-2H3,(H,40,42)(H,43,44)/b18-17-,23-21+,31-29+. The highest BCUT2D eigenvalue weighted by Crippen LogP contribution is 2.43. The summed E-state index contributed by atoms with van der Waals surface area (Å²) in [5.74, 6) is -0.215. The van der Waals surface area contributed by atoms with Crippen LogP contribution in [0.1, 0.15) is 168 Å². The predicted octanol–water partition coefficient (Wildman–Crippen LogP) is 10.00. The van der Waals surface area contributed by atoms with Crippen LogP contribution in [0.3, 0.4) is 0 Å². The lowest BCUT2D eigenvalue weighted by Crippen LogP contribution is -2.45. The minimum atomic E-state index is -4.34. The molecule has 3 unspecified atom stereocenters. The zero-order valence-electron chi connectivity index (χ0n) is 30.3. The number of hydrogen-bond donors (Lipinski definition) is 4. The Labute approximate surface area is 289 Å². The molecule has 276 valence electrons. The van der Waals surface area contributed by atoms with Gasteiger partial charge in [0.05, 0.1) is 25.4 Å². The number of aliphatic hydroxyl groups excluding tert-OH is 1. The van der Waals surface area contributed by atoms with Gasteiger partial charge in [-0.25, -0.2) is 4.57 Å². The van der Waals surface area contributed by atoms with Gasteiger partial charge in [0, 0.05) is 13.0 Å². The van der Waals surface area contributed by atoms with Crippen LogP contribution in [0.25, 0.3) is 0 Å². The van der Waals surface area contributed by atoms with Crippen molar-refractivity contribution in [2.45, 2.75) is 180 Å². The maximum atomic E-state index is 12.7. The Balaban J connectivity index is 4.38. The summed E-state index contributed by atoms with van der Waals surface area (Å²) in [6.45, 7) is 4.07. The van der Waals surface area contributed by atoms with Gasteiger partial charge in [0.2, 0.25) is 5.91 Å². The lowest BCUT2D eigenvalue weighted by atomic mass is 10.1. The number of carbonyl (C=O) groups is 1. The third-order valence-electron chi connectivity index (χ3n) is 8.19. The summed E-state index contributed by atoms with van der Waals surface area (Å²) in [6.07, 6.45) is 39.0. The highest BCUT2D eigenvalue weighted by Gasteiger charge is 2.26. The SMILES string of the molecule is CCCCCCCC/C=C\CCCCCCCC(=O)NC(COP(=O)(O)OCCN)C(O)/C=C/CC/C=C/CCCCCCCCC. The second kappa shape index (κ2) is 34.6. The number of aliphatic hydroxyl groups is 1. The number of hydrogen-bond acceptors (Lipinski definition) is 6. The zero-order valence-corrected chi connectivity index (χ0v) is 31.2. The summed E-state index contributed by atoms with van der Waals surface area (Å²) in [5, 5.41) is 13.6. The topological polar surface area (TPSA) is 131 Å². The van der Waals surface area contributed by atoms with Crippen LogP contribution in [0, 0.1) is 0 Å². The van der Waals surface area contributed by atoms with E-state index in [1.165, 1.54) is 96.3 Å². The number of amides is 1. The van der Waals surface area contributed by atoms with Crippen LogP contribution in [-0.4, -0.2) is 47.8 Å². The van der Waals surface area contributed by atoms with Crippen molar-refractivity contribution >= 4 is 13.7 Å². The molecule has 0 saturated carbocycles. The fraction of sp³-hybridized carbons (Fsp3) is 0.816. The predicted molar refractivity (Wildman–Crippen MR) is 198 cm³/mol. The van der Waals surface area contributed by atoms with Crippen LogP contribution in [-0.2, 0) is 18.4 Å². The van der Waals surface area contributed by atoms with E-state index in [0.29, 0.717) is 6.42 Å². The molecule has 3 atom stereocenters. The van der Waals surface area contributed by atoms with Gasteiger partial charge >= 0.3 is 7.82 Å². The minimum Gasteiger partial charge on any atom is -0.387 e. The molecule has 0 aromatic heterocycles. The normalized spacial score (nSPS) is 14.7. The molecule has 0 aliphatic carbocycles. The van der Waals surface area contributed by atoms with Gasteiger partial charge in [-0.2, -0.15) is 0 Å². The first kappa shape index (κ1) is 45.7. The molecule has 1 amide bonds. The molecule has 9 heteroatoms. The second-order valence-electron chi connectivity index (χ2n) is 12.8. The molecule has 8 nitrogen and oxygen atoms in total. The van der Waals surface area contributed by atoms with Gasteiger partial charge in [-0.15, -0.1) is 0 Å². The molecule has 5 N–H and O–H groups in total. The molecule has 0 bridgehead atoms. The Morgan fingerprint density at radius 3 is 1.64 bits per heavy atom. The summed E-state index contributed by atoms with van der Waals surface area (Å²) in [7, 11) is -4.34. The molecule has 0 aromatic rings. The van der Waals surface area contributed by atoms with Crippen molar-refractivity contribution in [3.8, 4) is 0 Å². The van der Waals surface area contributed by atoms with Crippen molar-refractivity contribution in [1.29, 1.82) is 0 Å². The smallest absolute Gasteiger partial charge is 0.387 e. The summed E-state index contributed by atoms with van der Waals surface area (Å²) < 4.78 is 22.0. The minimum absolute atomic E-state index is 0.0723. The molecule has 0 aliphatic heterocycles. The van der Waals surface area contributed by atoms with Gasteiger partial charge in [-0.3, -0.25) is 13.8 Å². The highest BCUT2D eigenvalue weighted by molar-refractivity contribution is 7.47. The number of unbranched alkanes of at least 4 members (excludes halogenated alkanes) is 19. The van der Waals surface area contributed by atoms with Crippen LogP contribution in [0.4, 0.5) is 0 Å². The van der Waals surface area contributed by atoms with Crippen molar-refractivity contribution in [3.05, 3.63) is 36.5 Å². The molecule has 0 spiro atoms. The van der Waals surface area contributed by atoms with Crippen LogP contribution < -0.4 is 11.1 Å². The van der Waals surface area contributed by atoms with E-state index in [-0.39, 0.29) is 25.7 Å². The van der Waals surface area contributed by atoms with E-state index < -0.39 is 20.0 Å². The number of nitrogens with two attached hydrogens (primary N) is 1. The molecule has 47 heavy (non-hydrogen) atoms. The maximum absolute atomic E-state index is 12.7. The van der Waals surface area contributed by atoms with Gasteiger partial charge < -0.3 is 21.1 Å². The van der Waals surface area contributed by atoms with Crippen molar-refractivity contribution < 1.29 is 28.4 Å². The number of allylic oxidation sites excluding steroid dienone is 5. The lowest BCUT2D eigenvalue weighted by Gasteiger charge is -2.23. The van der Waals surface area contributed by atoms with Gasteiger partial charge in [0.1, 0.15) is 0 Å². The number of carbonyl (C=O) groups excluding carboxylic acids is 1. The van der Waals surface area contributed by atoms with Gasteiger partial charge in [0.15, 0.2) is 0 Å². The van der Waals surface area contributed by atoms with Crippen molar-refractivity contribution in [2.75, 3.05) is 19.8 Å². The van der Waals surface area contributed by atoms with E-state index in [9.17, 15) is 19.4 Å². The Morgan fingerprint density at radius 1 is 0.681 bits per heavy atom. The number of phosphoric acid groups is 1. The molecule has 0 radical (unpaired) electrons. The van der Waals surface area contributed by atoms with E-state index in [0.717, 1.165) is 51.4 Å². The second-order valence-corrected chi connectivity index (χ2v) is 14.2. The zero-order chi connectivity index (χ0) is 34.7. The summed E-state index contributed by atoms with van der Waals surface area (Å²) in [5.41, 5.74) is 5.35. The van der Waals surface area contributed by atoms with E-state index >= 15 is 0 Å². The van der Waals surface area contributed by atoms with Crippen LogP contribution >= 0.6 is 7.82 Å². The van der Waals surface area contributed by atoms with E-state index in [1.54, 1.807) is 6.08 Å². The first-order valence-corrected chi connectivity index (χ1v) is 20.6. The number of nitrogens with one attached hydrogen (secondary N) is 1. The fourth-order valence-corrected chi connectivity index (χ4v) is 6.02. The molecule has 0 aliphatic rings. The molecular weight excluding hydrogens is 611 g/mol. The van der Waals surface area contributed by atoms with Crippen LogP contribution in [0.15, 0.2) is 36.5 Å². The molecular formula is C38H73N2O6P. The average molecular weight is 685 g/mol. The lowest BCUT2D eigenvalue weighted by molar-refractivity contribution is -0.123. The third-order valence-corrected chi connectivity index (χ3v) is 9.17. The monoisotopic (exact) mass is 685 g/mol. The van der Waals surface area contributed by atoms with Gasteiger partial charge in [0.25, 0.3) is 0 Å². The third kappa shape index (κ3) is 33.0. The van der Waals surface area contributed by atoms with Gasteiger partial charge in [-0.05, 0) is 57.8 Å². The molecule has 0 heterocycles. The Morgan fingerprint density at radius 2 is 1.13 bits per heavy atom. The maximum Gasteiger partial charge on any atom is 0.472 e. The molecule has 0 fully saturated rings. The number of phosphoric ester groups is 1. The molecule has 0 aromatic carbocycles. The van der Waals surface area contributed by atoms with E-state index in [2.05, 4.69) is 43.5 Å². The van der Waals surface area contributed by atoms with Crippen molar-refractivity contribution in [3.63, 3.8) is 0 Å². The largest absolute Gasteiger partial charge is 0.472 e. The van der Waals surface area contributed by atoms with Crippen molar-refractivity contribution in [2.24, 2.45) is 5.73 Å².